The number of carbonyl (C=O) groups excluding carboxylic acids is 1. The quantitative estimate of drug-likeness (QED) is 0.326. The summed E-state index contributed by atoms with van der Waals surface area (Å²) in [4.78, 5) is 18.8. The second-order valence-corrected chi connectivity index (χ2v) is 12.2. The average Bonchev–Trinajstić information content (AvgIpc) is 3.38. The van der Waals surface area contributed by atoms with Crippen molar-refractivity contribution in [3.05, 3.63) is 95.3 Å². The summed E-state index contributed by atoms with van der Waals surface area (Å²) in [6, 6.07) is 14.4. The van der Waals surface area contributed by atoms with Gasteiger partial charge in [0, 0.05) is 5.56 Å². The molecule has 0 radical (unpaired) electrons. The molecule has 37 heavy (non-hydrogen) atoms. The Balaban J connectivity index is 1.50. The Hall–Kier alpha value is -3.68. The van der Waals surface area contributed by atoms with Crippen molar-refractivity contribution in [3.8, 4) is 0 Å². The zero-order valence-electron chi connectivity index (χ0n) is 19.0. The molecule has 3 aromatic carbocycles. The summed E-state index contributed by atoms with van der Waals surface area (Å²) in [6.45, 7) is 0. The minimum Gasteiger partial charge on any atom is -0.341 e. The summed E-state index contributed by atoms with van der Waals surface area (Å²) in [5, 5.41) is -1.35. The first kappa shape index (κ1) is 25.0. The van der Waals surface area contributed by atoms with Crippen molar-refractivity contribution in [2.45, 2.75) is 29.0 Å². The van der Waals surface area contributed by atoms with Gasteiger partial charge in [0.2, 0.25) is 26.0 Å². The number of amides is 1. The van der Waals surface area contributed by atoms with E-state index in [1.807, 2.05) is 4.72 Å². The number of nitrogens with zero attached hydrogens (tertiary/aromatic N) is 1. The maximum absolute atomic E-state index is 15.0. The van der Waals surface area contributed by atoms with Crippen LogP contribution in [0.3, 0.4) is 0 Å². The van der Waals surface area contributed by atoms with Crippen molar-refractivity contribution < 1.29 is 30.4 Å². The summed E-state index contributed by atoms with van der Waals surface area (Å²) in [5.41, 5.74) is 1.40. The normalized spacial score (nSPS) is 18.1. The van der Waals surface area contributed by atoms with Crippen LogP contribution >= 0.6 is 0 Å². The molecule has 9 nitrogen and oxygen atoms in total. The fourth-order valence-electron chi connectivity index (χ4n) is 4.24. The third kappa shape index (κ3) is 5.10. The molecule has 2 atom stereocenters. The molecule has 3 N–H and O–H groups in total. The summed E-state index contributed by atoms with van der Waals surface area (Å²) >= 11 is 0. The summed E-state index contributed by atoms with van der Waals surface area (Å²) in [5.74, 6) is -2.04. The first-order valence-electron chi connectivity index (χ1n) is 11.1. The molecule has 4 aromatic rings. The topological polar surface area (TPSA) is 138 Å². The Morgan fingerprint density at radius 3 is 2.51 bits per heavy atom. The maximum Gasteiger partial charge on any atom is 0.242 e. The van der Waals surface area contributed by atoms with Crippen LogP contribution in [0.5, 0.6) is 0 Å². The Morgan fingerprint density at radius 2 is 1.84 bits per heavy atom. The van der Waals surface area contributed by atoms with E-state index < -0.39 is 55.3 Å². The van der Waals surface area contributed by atoms with E-state index in [4.69, 9.17) is 0 Å². The van der Waals surface area contributed by atoms with E-state index >= 15 is 4.39 Å². The van der Waals surface area contributed by atoms with Gasteiger partial charge < -0.3 is 4.98 Å². The molecular weight excluding hydrogens is 526 g/mol. The molecule has 0 saturated carbocycles. The van der Waals surface area contributed by atoms with Gasteiger partial charge in [0.25, 0.3) is 0 Å². The molecule has 0 aliphatic carbocycles. The first-order chi connectivity index (χ1) is 17.5. The lowest BCUT2D eigenvalue weighted by Gasteiger charge is -2.18. The zero-order chi connectivity index (χ0) is 26.4. The molecule has 2 heterocycles. The Labute approximate surface area is 211 Å². The minimum absolute atomic E-state index is 0.0693. The number of sulfonamides is 2. The van der Waals surface area contributed by atoms with E-state index in [9.17, 15) is 26.0 Å². The number of aromatic nitrogens is 2. The summed E-state index contributed by atoms with van der Waals surface area (Å²) in [6.07, 6.45) is -0.464. The Kier molecular flexibility index (Phi) is 6.30. The third-order valence-corrected chi connectivity index (χ3v) is 9.15. The van der Waals surface area contributed by atoms with Gasteiger partial charge in [0.1, 0.15) is 22.7 Å². The van der Waals surface area contributed by atoms with Crippen LogP contribution in [0, 0.1) is 11.6 Å². The monoisotopic (exact) mass is 546 g/mol. The number of rotatable bonds is 7. The number of nitrogens with one attached hydrogen (secondary N) is 3. The van der Waals surface area contributed by atoms with Gasteiger partial charge in [-0.2, -0.15) is 0 Å². The van der Waals surface area contributed by atoms with Crippen molar-refractivity contribution in [1.82, 2.24) is 19.4 Å². The van der Waals surface area contributed by atoms with Crippen LogP contribution in [0.25, 0.3) is 11.0 Å². The molecule has 1 aliphatic heterocycles. The summed E-state index contributed by atoms with van der Waals surface area (Å²) in [7, 11) is -8.25. The number of benzene rings is 3. The predicted molar refractivity (Wildman–Crippen MR) is 130 cm³/mol. The van der Waals surface area contributed by atoms with E-state index in [2.05, 4.69) is 14.7 Å². The average molecular weight is 547 g/mol. The third-order valence-electron chi connectivity index (χ3n) is 5.99. The second-order valence-electron chi connectivity index (χ2n) is 8.59. The summed E-state index contributed by atoms with van der Waals surface area (Å²) < 4.78 is 83.6. The maximum atomic E-state index is 15.0. The lowest BCUT2D eigenvalue weighted by Crippen LogP contribution is -2.31. The van der Waals surface area contributed by atoms with Crippen LogP contribution in [-0.4, -0.2) is 32.7 Å². The number of hydrogen-bond donors (Lipinski definition) is 3. The molecule has 0 spiro atoms. The number of para-hydroxylation sites is 2. The number of hydrogen-bond acceptors (Lipinski definition) is 6. The van der Waals surface area contributed by atoms with Gasteiger partial charge in [-0.3, -0.25) is 9.52 Å². The minimum atomic E-state index is -4.21. The van der Waals surface area contributed by atoms with E-state index in [0.29, 0.717) is 16.6 Å². The standard InChI is InChI=1S/C24H20F2N4O5S2/c25-15-4-3-5-16(12-15)36(32,33)29-21(24-27-19-6-1-2-7-20(19)28-24)11-14-8-9-17(18(26)10-14)22-13-23(31)30-37(22,34)35/h1-10,12,21-22,29H,11,13H2,(H,27,28)(H,30,31)/t21-,22-/m0/s1. The number of aromatic amines is 1. The smallest absolute Gasteiger partial charge is 0.242 e. The fraction of sp³-hybridized carbons (Fsp3) is 0.167. The van der Waals surface area contributed by atoms with E-state index in [0.717, 1.165) is 18.2 Å². The lowest BCUT2D eigenvalue weighted by atomic mass is 10.0. The van der Waals surface area contributed by atoms with Crippen LogP contribution in [0.4, 0.5) is 8.78 Å². The molecule has 1 saturated heterocycles. The number of carbonyl (C=O) groups is 1. The number of H-pyrrole nitrogens is 1. The van der Waals surface area contributed by atoms with Crippen LogP contribution in [-0.2, 0) is 31.3 Å². The molecule has 0 unspecified atom stereocenters. The molecule has 192 valence electrons. The largest absolute Gasteiger partial charge is 0.341 e. The van der Waals surface area contributed by atoms with Crippen molar-refractivity contribution in [2.24, 2.45) is 0 Å². The van der Waals surface area contributed by atoms with E-state index in [1.165, 1.54) is 24.3 Å². The molecular formula is C24H20F2N4O5S2. The van der Waals surface area contributed by atoms with Crippen LogP contribution in [0.15, 0.2) is 71.6 Å². The molecule has 13 heteroatoms. The Morgan fingerprint density at radius 1 is 1.05 bits per heavy atom. The van der Waals surface area contributed by atoms with E-state index in [1.54, 1.807) is 24.3 Å². The van der Waals surface area contributed by atoms with Crippen molar-refractivity contribution in [3.63, 3.8) is 0 Å². The molecule has 1 aliphatic rings. The predicted octanol–water partition coefficient (Wildman–Crippen LogP) is 2.99. The van der Waals surface area contributed by atoms with Gasteiger partial charge in [0.05, 0.1) is 28.4 Å². The first-order valence-corrected chi connectivity index (χ1v) is 14.1. The highest BCUT2D eigenvalue weighted by molar-refractivity contribution is 7.90. The highest BCUT2D eigenvalue weighted by atomic mass is 32.2. The van der Waals surface area contributed by atoms with Crippen LogP contribution in [0.1, 0.15) is 34.7 Å². The van der Waals surface area contributed by atoms with Gasteiger partial charge in [-0.15, -0.1) is 0 Å². The van der Waals surface area contributed by atoms with Gasteiger partial charge in [-0.1, -0.05) is 30.3 Å². The fourth-order valence-corrected chi connectivity index (χ4v) is 6.91. The molecule has 0 bridgehead atoms. The van der Waals surface area contributed by atoms with Crippen molar-refractivity contribution >= 4 is 37.0 Å². The molecule has 1 fully saturated rings. The molecule has 1 amide bonds. The van der Waals surface area contributed by atoms with Gasteiger partial charge >= 0.3 is 0 Å². The van der Waals surface area contributed by atoms with Gasteiger partial charge in [0.15, 0.2) is 0 Å². The Bertz CT molecular complexity index is 1710. The van der Waals surface area contributed by atoms with Crippen molar-refractivity contribution in [2.75, 3.05) is 0 Å². The highest BCUT2D eigenvalue weighted by Gasteiger charge is 2.39. The second kappa shape index (κ2) is 9.32. The van der Waals surface area contributed by atoms with Gasteiger partial charge in [-0.25, -0.2) is 35.3 Å². The van der Waals surface area contributed by atoms with Gasteiger partial charge in [-0.05, 0) is 48.4 Å². The number of fused-ring (bicyclic) bond motifs is 1. The number of halogens is 2. The van der Waals surface area contributed by atoms with Crippen molar-refractivity contribution in [1.29, 1.82) is 0 Å². The molecule has 1 aromatic heterocycles. The highest BCUT2D eigenvalue weighted by Crippen LogP contribution is 2.33. The van der Waals surface area contributed by atoms with Crippen LogP contribution < -0.4 is 9.44 Å². The zero-order valence-corrected chi connectivity index (χ0v) is 20.6. The SMILES string of the molecule is O=C1C[C@@H](c2ccc(C[C@H](NS(=O)(=O)c3cccc(F)c3)c3nc4ccccc4[nH]3)cc2F)S(=O)(=O)N1. The van der Waals surface area contributed by atoms with Crippen LogP contribution in [0.2, 0.25) is 0 Å². The molecule has 5 rings (SSSR count). The number of imidazole rings is 1. The van der Waals surface area contributed by atoms with E-state index in [-0.39, 0.29) is 22.7 Å². The lowest BCUT2D eigenvalue weighted by molar-refractivity contribution is -0.118.